The smallest absolute Gasteiger partial charge is 0.0206 e. The lowest BCUT2D eigenvalue weighted by Gasteiger charge is -2.15. The van der Waals surface area contributed by atoms with Gasteiger partial charge in [-0.3, -0.25) is 0 Å². The van der Waals surface area contributed by atoms with Crippen LogP contribution in [0.15, 0.2) is 18.2 Å². The summed E-state index contributed by atoms with van der Waals surface area (Å²) < 4.78 is 0. The molecule has 0 bridgehead atoms. The molecule has 0 atom stereocenters. The molecule has 0 aliphatic heterocycles. The van der Waals surface area contributed by atoms with E-state index in [0.717, 1.165) is 25.7 Å². The molecule has 1 aliphatic carbocycles. The number of benzene rings is 1. The summed E-state index contributed by atoms with van der Waals surface area (Å²) in [5, 5.41) is 3.52. The van der Waals surface area contributed by atoms with E-state index in [2.05, 4.69) is 49.3 Å². The third kappa shape index (κ3) is 3.83. The lowest BCUT2D eigenvalue weighted by atomic mass is 10.1. The van der Waals surface area contributed by atoms with E-state index in [1.807, 2.05) is 0 Å². The molecule has 0 saturated heterocycles. The number of likely N-dealkylation sites (N-methyl/N-ethyl adjacent to an activating group) is 1. The zero-order chi connectivity index (χ0) is 12.3. The number of nitrogens with one attached hydrogen (secondary N) is 1. The molecular weight excluding hydrogens is 208 g/mol. The topological polar surface area (TPSA) is 15.3 Å². The number of rotatable bonds is 6. The Labute approximate surface area is 105 Å². The predicted octanol–water partition coefficient (Wildman–Crippen LogP) is 2.49. The Morgan fingerprint density at radius 2 is 2.00 bits per heavy atom. The average Bonchev–Trinajstić information content (AvgIpc) is 3.13. The summed E-state index contributed by atoms with van der Waals surface area (Å²) in [6, 6.07) is 7.59. The Morgan fingerprint density at radius 1 is 1.24 bits per heavy atom. The fraction of sp³-hybridized carbons (Fsp3) is 0.600. The quantitative estimate of drug-likeness (QED) is 0.758. The van der Waals surface area contributed by atoms with Crippen molar-refractivity contribution in [3.8, 4) is 0 Å². The van der Waals surface area contributed by atoms with Crippen molar-refractivity contribution in [2.45, 2.75) is 39.3 Å². The summed E-state index contributed by atoms with van der Waals surface area (Å²) in [7, 11) is 2.23. The van der Waals surface area contributed by atoms with Gasteiger partial charge in [0.1, 0.15) is 0 Å². The van der Waals surface area contributed by atoms with E-state index in [-0.39, 0.29) is 0 Å². The van der Waals surface area contributed by atoms with Gasteiger partial charge >= 0.3 is 0 Å². The molecule has 0 spiro atoms. The van der Waals surface area contributed by atoms with Gasteiger partial charge in [0, 0.05) is 25.7 Å². The van der Waals surface area contributed by atoms with Gasteiger partial charge in [-0.15, -0.1) is 0 Å². The molecular formula is C15H24N2. The zero-order valence-corrected chi connectivity index (χ0v) is 11.3. The molecule has 0 heterocycles. The minimum absolute atomic E-state index is 0.874. The summed E-state index contributed by atoms with van der Waals surface area (Å²) in [4.78, 5) is 2.47. The molecule has 0 radical (unpaired) electrons. The Kier molecular flexibility index (Phi) is 4.19. The van der Waals surface area contributed by atoms with Crippen LogP contribution in [0.2, 0.25) is 0 Å². The first kappa shape index (κ1) is 12.6. The van der Waals surface area contributed by atoms with Crippen LogP contribution >= 0.6 is 0 Å². The highest BCUT2D eigenvalue weighted by Crippen LogP contribution is 2.24. The zero-order valence-electron chi connectivity index (χ0n) is 11.3. The molecule has 1 aliphatic rings. The van der Waals surface area contributed by atoms with Crippen molar-refractivity contribution >= 4 is 0 Å². The van der Waals surface area contributed by atoms with Gasteiger partial charge in [-0.2, -0.15) is 0 Å². The number of nitrogens with zero attached hydrogens (tertiary/aromatic N) is 1. The van der Waals surface area contributed by atoms with Gasteiger partial charge in [0.05, 0.1) is 0 Å². The molecule has 1 N–H and O–H groups in total. The van der Waals surface area contributed by atoms with E-state index in [9.17, 15) is 0 Å². The normalized spacial score (nSPS) is 15.5. The first-order chi connectivity index (χ1) is 8.16. The molecule has 0 unspecified atom stereocenters. The third-order valence-electron chi connectivity index (χ3n) is 3.71. The molecule has 1 aromatic carbocycles. The standard InChI is InChI=1S/C15H24N2/c1-12-4-5-14(10-13(12)2)11-16-8-9-17(3)15-6-7-15/h4-5,10,15-16H,6-9,11H2,1-3H3. The molecule has 1 fully saturated rings. The molecule has 1 aromatic rings. The predicted molar refractivity (Wildman–Crippen MR) is 73.3 cm³/mol. The van der Waals surface area contributed by atoms with Crippen LogP contribution in [-0.4, -0.2) is 31.1 Å². The van der Waals surface area contributed by atoms with Crippen molar-refractivity contribution in [2.75, 3.05) is 20.1 Å². The van der Waals surface area contributed by atoms with Gasteiger partial charge in [0.15, 0.2) is 0 Å². The SMILES string of the molecule is Cc1ccc(CNCCN(C)C2CC2)cc1C. The molecule has 2 nitrogen and oxygen atoms in total. The highest BCUT2D eigenvalue weighted by atomic mass is 15.2. The number of hydrogen-bond acceptors (Lipinski definition) is 2. The second kappa shape index (κ2) is 5.65. The maximum Gasteiger partial charge on any atom is 0.0206 e. The van der Waals surface area contributed by atoms with Gasteiger partial charge in [0.25, 0.3) is 0 Å². The Morgan fingerprint density at radius 3 is 2.65 bits per heavy atom. The minimum Gasteiger partial charge on any atom is -0.311 e. The second-order valence-corrected chi connectivity index (χ2v) is 5.31. The number of hydrogen-bond donors (Lipinski definition) is 1. The van der Waals surface area contributed by atoms with Crippen molar-refractivity contribution in [2.24, 2.45) is 0 Å². The Bertz CT molecular complexity index is 369. The summed E-state index contributed by atoms with van der Waals surface area (Å²) in [5.74, 6) is 0. The second-order valence-electron chi connectivity index (χ2n) is 5.31. The van der Waals surface area contributed by atoms with E-state index in [1.165, 1.54) is 29.5 Å². The molecule has 0 amide bonds. The maximum absolute atomic E-state index is 3.52. The molecule has 0 aromatic heterocycles. The van der Waals surface area contributed by atoms with E-state index in [1.54, 1.807) is 0 Å². The number of aryl methyl sites for hydroxylation is 2. The Hall–Kier alpha value is -0.860. The van der Waals surface area contributed by atoms with E-state index in [0.29, 0.717) is 0 Å². The third-order valence-corrected chi connectivity index (χ3v) is 3.71. The van der Waals surface area contributed by atoms with Crippen LogP contribution in [0.4, 0.5) is 0 Å². The highest BCUT2D eigenvalue weighted by molar-refractivity contribution is 5.29. The van der Waals surface area contributed by atoms with Crippen molar-refractivity contribution in [3.63, 3.8) is 0 Å². The van der Waals surface area contributed by atoms with Crippen molar-refractivity contribution in [3.05, 3.63) is 34.9 Å². The summed E-state index contributed by atoms with van der Waals surface area (Å²) in [6.45, 7) is 7.58. The van der Waals surface area contributed by atoms with E-state index < -0.39 is 0 Å². The van der Waals surface area contributed by atoms with Crippen LogP contribution in [-0.2, 0) is 6.54 Å². The Balaban J connectivity index is 1.68. The summed E-state index contributed by atoms with van der Waals surface area (Å²) in [6.07, 6.45) is 2.79. The largest absolute Gasteiger partial charge is 0.311 e. The fourth-order valence-electron chi connectivity index (χ4n) is 2.10. The van der Waals surface area contributed by atoms with Crippen LogP contribution in [0, 0.1) is 13.8 Å². The van der Waals surface area contributed by atoms with Gasteiger partial charge in [-0.1, -0.05) is 18.2 Å². The first-order valence-electron chi connectivity index (χ1n) is 6.64. The summed E-state index contributed by atoms with van der Waals surface area (Å²) in [5.41, 5.74) is 4.16. The molecule has 1 saturated carbocycles. The summed E-state index contributed by atoms with van der Waals surface area (Å²) >= 11 is 0. The van der Waals surface area contributed by atoms with Crippen LogP contribution < -0.4 is 5.32 Å². The van der Waals surface area contributed by atoms with Gasteiger partial charge in [-0.25, -0.2) is 0 Å². The molecule has 94 valence electrons. The maximum atomic E-state index is 3.52. The van der Waals surface area contributed by atoms with Crippen LogP contribution in [0.25, 0.3) is 0 Å². The average molecular weight is 232 g/mol. The van der Waals surface area contributed by atoms with E-state index in [4.69, 9.17) is 0 Å². The van der Waals surface area contributed by atoms with Crippen LogP contribution in [0.3, 0.4) is 0 Å². The lowest BCUT2D eigenvalue weighted by Crippen LogP contribution is -2.30. The molecule has 2 rings (SSSR count). The lowest BCUT2D eigenvalue weighted by molar-refractivity contribution is 0.321. The molecule has 17 heavy (non-hydrogen) atoms. The molecule has 2 heteroatoms. The van der Waals surface area contributed by atoms with Gasteiger partial charge < -0.3 is 10.2 Å². The van der Waals surface area contributed by atoms with Crippen LogP contribution in [0.5, 0.6) is 0 Å². The monoisotopic (exact) mass is 232 g/mol. The van der Waals surface area contributed by atoms with E-state index >= 15 is 0 Å². The van der Waals surface area contributed by atoms with Gasteiger partial charge in [-0.05, 0) is 50.4 Å². The highest BCUT2D eigenvalue weighted by Gasteiger charge is 2.25. The van der Waals surface area contributed by atoms with Crippen LogP contribution in [0.1, 0.15) is 29.5 Å². The van der Waals surface area contributed by atoms with Crippen molar-refractivity contribution < 1.29 is 0 Å². The van der Waals surface area contributed by atoms with Crippen molar-refractivity contribution in [1.82, 2.24) is 10.2 Å². The first-order valence-corrected chi connectivity index (χ1v) is 6.64. The minimum atomic E-state index is 0.874. The van der Waals surface area contributed by atoms with Gasteiger partial charge in [0.2, 0.25) is 0 Å². The fourth-order valence-corrected chi connectivity index (χ4v) is 2.10. The van der Waals surface area contributed by atoms with Crippen molar-refractivity contribution in [1.29, 1.82) is 0 Å².